The molecule has 0 spiro atoms. The number of nitrogens with zero attached hydrogens (tertiary/aromatic N) is 1. The van der Waals surface area contributed by atoms with Gasteiger partial charge in [-0.2, -0.15) is 0 Å². The third-order valence-corrected chi connectivity index (χ3v) is 3.49. The van der Waals surface area contributed by atoms with Gasteiger partial charge < -0.3 is 20.7 Å². The van der Waals surface area contributed by atoms with Gasteiger partial charge in [0.05, 0.1) is 18.0 Å². The molecule has 0 radical (unpaired) electrons. The fourth-order valence-electron chi connectivity index (χ4n) is 2.09. The maximum absolute atomic E-state index is 11.6. The lowest BCUT2D eigenvalue weighted by Crippen LogP contribution is -2.36. The number of ether oxygens (including phenoxy) is 1. The van der Waals surface area contributed by atoms with Crippen LogP contribution in [0.15, 0.2) is 18.2 Å². The van der Waals surface area contributed by atoms with Crippen molar-refractivity contribution in [2.24, 2.45) is 0 Å². The first-order valence-electron chi connectivity index (χ1n) is 6.92. The van der Waals surface area contributed by atoms with E-state index < -0.39 is 0 Å². The third kappa shape index (κ3) is 3.87. The molecule has 0 aliphatic carbocycles. The fourth-order valence-corrected chi connectivity index (χ4v) is 2.09. The molecule has 0 aliphatic rings. The van der Waals surface area contributed by atoms with Crippen LogP contribution in [0.1, 0.15) is 30.6 Å². The Balaban J connectivity index is 3.04. The van der Waals surface area contributed by atoms with E-state index in [2.05, 4.69) is 24.1 Å². The van der Waals surface area contributed by atoms with E-state index in [1.165, 1.54) is 0 Å². The quantitative estimate of drug-likeness (QED) is 0.748. The summed E-state index contributed by atoms with van der Waals surface area (Å²) in [5.41, 5.74) is 8.25. The van der Waals surface area contributed by atoms with E-state index in [0.717, 1.165) is 18.7 Å². The smallest absolute Gasteiger partial charge is 0.251 e. The van der Waals surface area contributed by atoms with E-state index in [0.29, 0.717) is 23.9 Å². The van der Waals surface area contributed by atoms with Crippen LogP contribution in [-0.4, -0.2) is 39.3 Å². The minimum atomic E-state index is -0.129. The maximum Gasteiger partial charge on any atom is 0.251 e. The summed E-state index contributed by atoms with van der Waals surface area (Å²) in [5, 5.41) is 2.60. The zero-order chi connectivity index (χ0) is 15.1. The summed E-state index contributed by atoms with van der Waals surface area (Å²) in [6.07, 6.45) is 1.01. The van der Waals surface area contributed by atoms with Crippen molar-refractivity contribution in [3.63, 3.8) is 0 Å². The molecule has 20 heavy (non-hydrogen) atoms. The molecule has 0 saturated carbocycles. The molecule has 0 fully saturated rings. The van der Waals surface area contributed by atoms with Gasteiger partial charge in [-0.15, -0.1) is 0 Å². The number of nitrogens with one attached hydrogen (secondary N) is 1. The average Bonchev–Trinajstić information content (AvgIpc) is 2.47. The summed E-state index contributed by atoms with van der Waals surface area (Å²) in [5.74, 6) is -0.129. The van der Waals surface area contributed by atoms with Gasteiger partial charge in [-0.1, -0.05) is 6.92 Å². The molecule has 5 heteroatoms. The second-order valence-corrected chi connectivity index (χ2v) is 4.80. The molecule has 0 saturated heterocycles. The van der Waals surface area contributed by atoms with Crippen molar-refractivity contribution >= 4 is 17.3 Å². The number of hydrogen-bond acceptors (Lipinski definition) is 4. The Morgan fingerprint density at radius 3 is 2.70 bits per heavy atom. The number of amides is 1. The van der Waals surface area contributed by atoms with Crippen LogP contribution in [0.2, 0.25) is 0 Å². The van der Waals surface area contributed by atoms with Gasteiger partial charge in [0.15, 0.2) is 0 Å². The van der Waals surface area contributed by atoms with Crippen LogP contribution in [0.25, 0.3) is 0 Å². The van der Waals surface area contributed by atoms with Gasteiger partial charge in [-0.3, -0.25) is 4.79 Å². The van der Waals surface area contributed by atoms with Crippen LogP contribution in [-0.2, 0) is 4.74 Å². The van der Waals surface area contributed by atoms with Gasteiger partial charge in [0.2, 0.25) is 0 Å². The van der Waals surface area contributed by atoms with Gasteiger partial charge in [-0.05, 0) is 31.5 Å². The van der Waals surface area contributed by atoms with E-state index in [9.17, 15) is 4.79 Å². The highest BCUT2D eigenvalue weighted by Crippen LogP contribution is 2.27. The largest absolute Gasteiger partial charge is 0.397 e. The van der Waals surface area contributed by atoms with Crippen LogP contribution < -0.4 is 16.0 Å². The molecular weight excluding hydrogens is 254 g/mol. The first-order chi connectivity index (χ1) is 9.54. The Hall–Kier alpha value is -1.75. The molecule has 112 valence electrons. The van der Waals surface area contributed by atoms with Crippen LogP contribution in [0.5, 0.6) is 0 Å². The zero-order valence-corrected chi connectivity index (χ0v) is 12.8. The van der Waals surface area contributed by atoms with E-state index in [1.54, 1.807) is 26.3 Å². The molecular formula is C15H25N3O2. The Kier molecular flexibility index (Phi) is 6.31. The van der Waals surface area contributed by atoms with Crippen molar-refractivity contribution in [2.45, 2.75) is 26.3 Å². The van der Waals surface area contributed by atoms with Crippen LogP contribution in [0, 0.1) is 0 Å². The van der Waals surface area contributed by atoms with E-state index in [4.69, 9.17) is 10.5 Å². The van der Waals surface area contributed by atoms with Crippen molar-refractivity contribution in [3.05, 3.63) is 23.8 Å². The van der Waals surface area contributed by atoms with Crippen molar-refractivity contribution < 1.29 is 9.53 Å². The molecule has 3 N–H and O–H groups in total. The summed E-state index contributed by atoms with van der Waals surface area (Å²) in [6.45, 7) is 5.71. The highest BCUT2D eigenvalue weighted by Gasteiger charge is 2.16. The summed E-state index contributed by atoms with van der Waals surface area (Å²) >= 11 is 0. The van der Waals surface area contributed by atoms with Crippen molar-refractivity contribution in [1.82, 2.24) is 5.32 Å². The topological polar surface area (TPSA) is 67.6 Å². The molecule has 0 aromatic heterocycles. The predicted molar refractivity (Wildman–Crippen MR) is 83.2 cm³/mol. The van der Waals surface area contributed by atoms with E-state index in [-0.39, 0.29) is 5.91 Å². The number of benzene rings is 1. The zero-order valence-electron chi connectivity index (χ0n) is 12.8. The molecule has 1 amide bonds. The Labute approximate surface area is 121 Å². The number of rotatable bonds is 7. The predicted octanol–water partition coefficient (Wildman–Crippen LogP) is 1.88. The van der Waals surface area contributed by atoms with Crippen molar-refractivity contribution in [2.75, 3.05) is 37.9 Å². The monoisotopic (exact) mass is 279 g/mol. The number of nitrogens with two attached hydrogens (primary N) is 1. The van der Waals surface area contributed by atoms with Gasteiger partial charge in [0.25, 0.3) is 5.91 Å². The van der Waals surface area contributed by atoms with E-state index >= 15 is 0 Å². The number of carbonyl (C=O) groups is 1. The first kappa shape index (κ1) is 16.3. The summed E-state index contributed by atoms with van der Waals surface area (Å²) in [6, 6.07) is 5.78. The molecule has 0 aliphatic heterocycles. The number of hydrogen-bond donors (Lipinski definition) is 2. The summed E-state index contributed by atoms with van der Waals surface area (Å²) < 4.78 is 5.16. The number of anilines is 2. The summed E-state index contributed by atoms with van der Waals surface area (Å²) in [7, 11) is 3.29. The SMILES string of the molecule is CCC(C)N(CCOC)c1ccc(C(=O)NC)cc1N. The second-order valence-electron chi connectivity index (χ2n) is 4.80. The molecule has 1 atom stereocenters. The lowest BCUT2D eigenvalue weighted by atomic mass is 10.1. The highest BCUT2D eigenvalue weighted by atomic mass is 16.5. The molecule has 1 rings (SSSR count). The maximum atomic E-state index is 11.6. The summed E-state index contributed by atoms with van der Waals surface area (Å²) in [4.78, 5) is 13.8. The van der Waals surface area contributed by atoms with Crippen LogP contribution >= 0.6 is 0 Å². The van der Waals surface area contributed by atoms with Gasteiger partial charge in [0.1, 0.15) is 0 Å². The normalized spacial score (nSPS) is 12.0. The minimum absolute atomic E-state index is 0.129. The van der Waals surface area contributed by atoms with Crippen molar-refractivity contribution in [3.8, 4) is 0 Å². The van der Waals surface area contributed by atoms with Crippen LogP contribution in [0.4, 0.5) is 11.4 Å². The lowest BCUT2D eigenvalue weighted by Gasteiger charge is -2.31. The molecule has 0 heterocycles. The first-order valence-corrected chi connectivity index (χ1v) is 6.92. The Morgan fingerprint density at radius 1 is 1.50 bits per heavy atom. The Morgan fingerprint density at radius 2 is 2.20 bits per heavy atom. The fraction of sp³-hybridized carbons (Fsp3) is 0.533. The molecule has 1 aromatic carbocycles. The number of methoxy groups -OCH3 is 1. The Bertz CT molecular complexity index is 449. The second kappa shape index (κ2) is 7.75. The average molecular weight is 279 g/mol. The third-order valence-electron chi connectivity index (χ3n) is 3.49. The van der Waals surface area contributed by atoms with Gasteiger partial charge in [0, 0.05) is 32.3 Å². The molecule has 5 nitrogen and oxygen atoms in total. The molecule has 0 bridgehead atoms. The number of nitrogen functional groups attached to an aromatic ring is 1. The lowest BCUT2D eigenvalue weighted by molar-refractivity contribution is 0.0963. The van der Waals surface area contributed by atoms with Crippen molar-refractivity contribution in [1.29, 1.82) is 0 Å². The standard InChI is InChI=1S/C15H25N3O2/c1-5-11(2)18(8-9-20-4)14-7-6-12(10-13(14)16)15(19)17-3/h6-7,10-11H,5,8-9,16H2,1-4H3,(H,17,19). The van der Waals surface area contributed by atoms with Crippen LogP contribution in [0.3, 0.4) is 0 Å². The molecule has 1 unspecified atom stereocenters. The van der Waals surface area contributed by atoms with Gasteiger partial charge >= 0.3 is 0 Å². The van der Waals surface area contributed by atoms with Gasteiger partial charge in [-0.25, -0.2) is 0 Å². The molecule has 1 aromatic rings. The van der Waals surface area contributed by atoms with E-state index in [1.807, 2.05) is 6.07 Å². The minimum Gasteiger partial charge on any atom is -0.397 e. The number of carbonyl (C=O) groups excluding carboxylic acids is 1. The highest BCUT2D eigenvalue weighted by molar-refractivity contribution is 5.96.